The molecule has 4 rings (SSSR count). The molecule has 0 aromatic carbocycles. The van der Waals surface area contributed by atoms with Crippen LogP contribution in [0.4, 0.5) is 15.0 Å². The number of hydrogen-bond donors (Lipinski definition) is 1. The first kappa shape index (κ1) is 26.8. The monoisotopic (exact) mass is 531 g/mol. The summed E-state index contributed by atoms with van der Waals surface area (Å²) in [6.45, 7) is 7.24. The fourth-order valence-corrected chi connectivity index (χ4v) is 5.38. The molecule has 37 heavy (non-hydrogen) atoms. The number of carbonyl (C=O) groups is 3. The Kier molecular flexibility index (Phi) is 7.67. The number of halogens is 1. The van der Waals surface area contributed by atoms with E-state index in [0.29, 0.717) is 24.2 Å². The summed E-state index contributed by atoms with van der Waals surface area (Å²) in [6, 6.07) is 6.12. The molecule has 12 heteroatoms. The molecule has 198 valence electrons. The molecule has 3 heterocycles. The van der Waals surface area contributed by atoms with Gasteiger partial charge in [0.05, 0.1) is 18.0 Å². The van der Waals surface area contributed by atoms with Crippen molar-refractivity contribution in [3.63, 3.8) is 0 Å². The Bertz CT molecular complexity index is 1170. The molecule has 1 aliphatic carbocycles. The quantitative estimate of drug-likeness (QED) is 0.421. The van der Waals surface area contributed by atoms with Crippen LogP contribution in [-0.2, 0) is 24.5 Å². The van der Waals surface area contributed by atoms with Gasteiger partial charge in [0.15, 0.2) is 11.1 Å². The third-order valence-corrected chi connectivity index (χ3v) is 7.46. The van der Waals surface area contributed by atoms with E-state index in [4.69, 9.17) is 9.47 Å². The van der Waals surface area contributed by atoms with Gasteiger partial charge in [-0.15, -0.1) is 16.9 Å². The van der Waals surface area contributed by atoms with Crippen LogP contribution in [0.2, 0.25) is 0 Å². The molecule has 1 saturated carbocycles. The Morgan fingerprint density at radius 3 is 2.57 bits per heavy atom. The van der Waals surface area contributed by atoms with E-state index >= 15 is 0 Å². The highest BCUT2D eigenvalue weighted by atomic mass is 32.2. The first-order chi connectivity index (χ1) is 17.5. The van der Waals surface area contributed by atoms with Gasteiger partial charge in [0.2, 0.25) is 5.91 Å². The summed E-state index contributed by atoms with van der Waals surface area (Å²) in [5, 5.41) is 9.59. The largest absolute Gasteiger partial charge is 0.465 e. The molecule has 2 amide bonds. The molecule has 2 unspecified atom stereocenters. The van der Waals surface area contributed by atoms with E-state index in [-0.39, 0.29) is 19.0 Å². The lowest BCUT2D eigenvalue weighted by molar-refractivity contribution is -0.144. The van der Waals surface area contributed by atoms with E-state index < -0.39 is 45.4 Å². The van der Waals surface area contributed by atoms with E-state index in [2.05, 4.69) is 20.5 Å². The number of rotatable bonds is 7. The second-order valence-electron chi connectivity index (χ2n) is 10.0. The SMILES string of the molecule is CCOC(=O)C1SC(c2ccc(N(CC3(c4ncccc4F)CCC3)C(=O)OC(C)(C)C)nn2)NC1=O. The molecule has 2 aliphatic rings. The van der Waals surface area contributed by atoms with Crippen LogP contribution in [0.3, 0.4) is 0 Å². The number of ether oxygens (including phenoxy) is 2. The fourth-order valence-electron chi connectivity index (χ4n) is 4.29. The van der Waals surface area contributed by atoms with Crippen molar-refractivity contribution >= 4 is 35.5 Å². The van der Waals surface area contributed by atoms with Gasteiger partial charge in [-0.1, -0.05) is 6.42 Å². The van der Waals surface area contributed by atoms with Gasteiger partial charge in [0.25, 0.3) is 0 Å². The topological polar surface area (TPSA) is 124 Å². The summed E-state index contributed by atoms with van der Waals surface area (Å²) < 4.78 is 25.3. The van der Waals surface area contributed by atoms with Crippen molar-refractivity contribution in [2.75, 3.05) is 18.1 Å². The van der Waals surface area contributed by atoms with Gasteiger partial charge in [-0.2, -0.15) is 5.10 Å². The lowest BCUT2D eigenvalue weighted by Gasteiger charge is -2.44. The Hall–Kier alpha value is -3.28. The summed E-state index contributed by atoms with van der Waals surface area (Å²) >= 11 is 1.08. The standard InChI is InChI=1S/C25H30FN5O5S/c1-5-35-22(33)18-20(32)28-21(37-18)16-9-10-17(30-29-16)31(23(34)36-24(2,3)4)14-25(11-7-12-25)19-15(26)8-6-13-27-19/h6,8-10,13,18,21H,5,7,11-12,14H2,1-4H3,(H,28,32). The van der Waals surface area contributed by atoms with Crippen molar-refractivity contribution in [2.45, 2.75) is 68.6 Å². The van der Waals surface area contributed by atoms with Gasteiger partial charge in [-0.3, -0.25) is 19.5 Å². The predicted molar refractivity (Wildman–Crippen MR) is 134 cm³/mol. The van der Waals surface area contributed by atoms with Crippen LogP contribution in [0.25, 0.3) is 0 Å². The molecule has 10 nitrogen and oxygen atoms in total. The van der Waals surface area contributed by atoms with Gasteiger partial charge in [-0.25, -0.2) is 9.18 Å². The number of nitrogens with one attached hydrogen (secondary N) is 1. The second-order valence-corrected chi connectivity index (χ2v) is 11.2. The number of pyridine rings is 1. The number of thioether (sulfide) groups is 1. The molecule has 2 aromatic heterocycles. The van der Waals surface area contributed by atoms with Gasteiger partial charge < -0.3 is 14.8 Å². The van der Waals surface area contributed by atoms with Crippen molar-refractivity contribution < 1.29 is 28.2 Å². The average Bonchev–Trinajstić information content (AvgIpc) is 3.20. The smallest absolute Gasteiger partial charge is 0.416 e. The summed E-state index contributed by atoms with van der Waals surface area (Å²) in [6.07, 6.45) is 3.10. The Morgan fingerprint density at radius 1 is 1.24 bits per heavy atom. The van der Waals surface area contributed by atoms with E-state index in [1.54, 1.807) is 46.0 Å². The molecule has 0 radical (unpaired) electrons. The second kappa shape index (κ2) is 10.6. The molecule has 0 bridgehead atoms. The number of nitrogens with zero attached hydrogens (tertiary/aromatic N) is 4. The van der Waals surface area contributed by atoms with Crippen LogP contribution in [0, 0.1) is 5.82 Å². The van der Waals surface area contributed by atoms with Crippen LogP contribution < -0.4 is 10.2 Å². The minimum atomic E-state index is -0.989. The lowest BCUT2D eigenvalue weighted by atomic mass is 9.66. The van der Waals surface area contributed by atoms with Crippen molar-refractivity contribution in [3.8, 4) is 0 Å². The minimum absolute atomic E-state index is 0.115. The van der Waals surface area contributed by atoms with Crippen molar-refractivity contribution in [3.05, 3.63) is 47.7 Å². The van der Waals surface area contributed by atoms with Gasteiger partial charge in [0.1, 0.15) is 16.8 Å². The molecule has 1 N–H and O–H groups in total. The molecule has 2 atom stereocenters. The van der Waals surface area contributed by atoms with Crippen molar-refractivity contribution in [1.29, 1.82) is 0 Å². The molecule has 2 fully saturated rings. The zero-order valence-electron chi connectivity index (χ0n) is 21.2. The Morgan fingerprint density at radius 2 is 2.00 bits per heavy atom. The first-order valence-electron chi connectivity index (χ1n) is 12.1. The van der Waals surface area contributed by atoms with Gasteiger partial charge in [0, 0.05) is 18.2 Å². The average molecular weight is 532 g/mol. The predicted octanol–water partition coefficient (Wildman–Crippen LogP) is 3.67. The first-order valence-corrected chi connectivity index (χ1v) is 13.0. The molecular weight excluding hydrogens is 501 g/mol. The highest BCUT2D eigenvalue weighted by Gasteiger charge is 2.46. The molecule has 1 aliphatic heterocycles. The Balaban J connectivity index is 1.59. The van der Waals surface area contributed by atoms with Crippen LogP contribution in [0.15, 0.2) is 30.5 Å². The van der Waals surface area contributed by atoms with Crippen molar-refractivity contribution in [2.24, 2.45) is 0 Å². The number of aromatic nitrogens is 3. The van der Waals surface area contributed by atoms with E-state index in [9.17, 15) is 18.8 Å². The minimum Gasteiger partial charge on any atom is -0.465 e. The summed E-state index contributed by atoms with van der Waals surface area (Å²) in [5.41, 5.74) is -0.717. The molecule has 1 saturated heterocycles. The summed E-state index contributed by atoms with van der Waals surface area (Å²) in [5.74, 6) is -1.27. The highest BCUT2D eigenvalue weighted by molar-refractivity contribution is 8.02. The van der Waals surface area contributed by atoms with Crippen molar-refractivity contribution in [1.82, 2.24) is 20.5 Å². The number of esters is 1. The molecule has 2 aromatic rings. The number of amides is 2. The summed E-state index contributed by atoms with van der Waals surface area (Å²) in [4.78, 5) is 43.2. The maximum absolute atomic E-state index is 14.7. The van der Waals surface area contributed by atoms with E-state index in [1.807, 2.05) is 0 Å². The van der Waals surface area contributed by atoms with Crippen LogP contribution >= 0.6 is 11.8 Å². The zero-order valence-corrected chi connectivity index (χ0v) is 22.0. The number of carbonyl (C=O) groups excluding carboxylic acids is 3. The van der Waals surface area contributed by atoms with Crippen LogP contribution in [0.5, 0.6) is 0 Å². The maximum Gasteiger partial charge on any atom is 0.416 e. The lowest BCUT2D eigenvalue weighted by Crippen LogP contribution is -2.50. The molecular formula is C25H30FN5O5S. The summed E-state index contributed by atoms with van der Waals surface area (Å²) in [7, 11) is 0. The highest BCUT2D eigenvalue weighted by Crippen LogP contribution is 2.45. The Labute approximate surface area is 218 Å². The third-order valence-electron chi connectivity index (χ3n) is 6.15. The van der Waals surface area contributed by atoms with E-state index in [0.717, 1.165) is 18.2 Å². The maximum atomic E-state index is 14.7. The molecule has 0 spiro atoms. The van der Waals surface area contributed by atoms with E-state index in [1.165, 1.54) is 17.0 Å². The number of anilines is 1. The van der Waals surface area contributed by atoms with Crippen LogP contribution in [0.1, 0.15) is 63.7 Å². The normalized spacial score (nSPS) is 20.5. The number of hydrogen-bond acceptors (Lipinski definition) is 9. The van der Waals surface area contributed by atoms with Gasteiger partial charge in [-0.05, 0) is 64.8 Å². The van der Waals surface area contributed by atoms with Gasteiger partial charge >= 0.3 is 12.1 Å². The fraction of sp³-hybridized carbons (Fsp3) is 0.520. The van der Waals surface area contributed by atoms with Crippen LogP contribution in [-0.4, -0.2) is 57.2 Å². The zero-order chi connectivity index (χ0) is 26.8. The third kappa shape index (κ3) is 5.84.